The molecule has 0 bridgehead atoms. The van der Waals surface area contributed by atoms with Crippen molar-refractivity contribution in [1.29, 1.82) is 0 Å². The van der Waals surface area contributed by atoms with Gasteiger partial charge in [-0.1, -0.05) is 62.0 Å². The molecule has 1 fully saturated rings. The van der Waals surface area contributed by atoms with Crippen LogP contribution in [-0.2, 0) is 14.9 Å². The molecular weight excluding hydrogens is 446 g/mol. The number of hydrogen-bond acceptors (Lipinski definition) is 5. The highest BCUT2D eigenvalue weighted by molar-refractivity contribution is 7.80. The number of amides is 2. The molecule has 1 aliphatic carbocycles. The molecule has 1 unspecified atom stereocenters. The summed E-state index contributed by atoms with van der Waals surface area (Å²) in [5.74, 6) is -0.0862. The summed E-state index contributed by atoms with van der Waals surface area (Å²) in [7, 11) is 1.73. The third-order valence-electron chi connectivity index (χ3n) is 6.46. The smallest absolute Gasteiger partial charge is 0.407 e. The van der Waals surface area contributed by atoms with Gasteiger partial charge in [-0.15, -0.1) is 0 Å². The minimum absolute atomic E-state index is 0.0225. The minimum atomic E-state index is -0.807. The Hall–Kier alpha value is -2.80. The molecular formula is C27H35N3O3S. The van der Waals surface area contributed by atoms with Crippen molar-refractivity contribution in [1.82, 2.24) is 15.2 Å². The van der Waals surface area contributed by atoms with Crippen LogP contribution in [0.3, 0.4) is 0 Å². The summed E-state index contributed by atoms with van der Waals surface area (Å²) in [4.78, 5) is 32.3. The second-order valence-corrected chi connectivity index (χ2v) is 10.2. The molecule has 3 atom stereocenters. The van der Waals surface area contributed by atoms with E-state index in [1.807, 2.05) is 58.0 Å². The van der Waals surface area contributed by atoms with E-state index in [-0.39, 0.29) is 11.8 Å². The molecule has 34 heavy (non-hydrogen) atoms. The summed E-state index contributed by atoms with van der Waals surface area (Å²) >= 11 is 6.06. The van der Waals surface area contributed by atoms with Gasteiger partial charge in [0.05, 0.1) is 16.4 Å². The first kappa shape index (κ1) is 25.8. The number of nitrogens with one attached hydrogen (secondary N) is 1. The zero-order valence-corrected chi connectivity index (χ0v) is 21.5. The van der Waals surface area contributed by atoms with Crippen LogP contribution in [0.4, 0.5) is 4.79 Å². The lowest BCUT2D eigenvalue weighted by Crippen LogP contribution is -2.62. The molecule has 7 heteroatoms. The van der Waals surface area contributed by atoms with E-state index < -0.39 is 23.2 Å². The van der Waals surface area contributed by atoms with Gasteiger partial charge >= 0.3 is 6.09 Å². The van der Waals surface area contributed by atoms with Gasteiger partial charge in [0.1, 0.15) is 5.60 Å². The van der Waals surface area contributed by atoms with Crippen molar-refractivity contribution in [2.45, 2.75) is 76.4 Å². The average molecular weight is 482 g/mol. The monoisotopic (exact) mass is 481 g/mol. The van der Waals surface area contributed by atoms with Crippen molar-refractivity contribution in [2.24, 2.45) is 0 Å². The highest BCUT2D eigenvalue weighted by Gasteiger charge is 2.53. The van der Waals surface area contributed by atoms with E-state index in [2.05, 4.69) is 22.4 Å². The van der Waals surface area contributed by atoms with Crippen LogP contribution in [0.15, 0.2) is 54.9 Å². The topological polar surface area (TPSA) is 71.5 Å². The molecule has 1 heterocycles. The van der Waals surface area contributed by atoms with Gasteiger partial charge in [0, 0.05) is 31.8 Å². The fraction of sp³-hybridized carbons (Fsp3) is 0.481. The summed E-state index contributed by atoms with van der Waals surface area (Å²) in [6.07, 6.45) is 5.80. The second kappa shape index (κ2) is 10.6. The number of carbonyl (C=O) groups excluding carboxylic acids is 2. The molecule has 6 nitrogen and oxygen atoms in total. The van der Waals surface area contributed by atoms with Crippen LogP contribution in [0, 0.1) is 0 Å². The number of aromatic nitrogens is 1. The number of likely N-dealkylation sites (N-methyl/N-ethyl adjacent to an activating group) is 1. The molecule has 1 saturated carbocycles. The summed E-state index contributed by atoms with van der Waals surface area (Å²) in [5.41, 5.74) is 0.549. The molecule has 2 aromatic rings. The number of nitrogens with zero attached hydrogens (tertiary/aromatic N) is 2. The van der Waals surface area contributed by atoms with Gasteiger partial charge < -0.3 is 15.0 Å². The van der Waals surface area contributed by atoms with Crippen LogP contribution in [0.25, 0.3) is 0 Å². The maximum absolute atomic E-state index is 13.1. The lowest BCUT2D eigenvalue weighted by atomic mass is 9.60. The summed E-state index contributed by atoms with van der Waals surface area (Å²) in [5, 5.41) is 3.19. The molecule has 0 radical (unpaired) electrons. The number of rotatable bonds is 5. The van der Waals surface area contributed by atoms with Crippen LogP contribution in [0.1, 0.15) is 70.4 Å². The van der Waals surface area contributed by atoms with Crippen LogP contribution < -0.4 is 5.32 Å². The summed E-state index contributed by atoms with van der Waals surface area (Å²) < 4.78 is 5.67. The van der Waals surface area contributed by atoms with Gasteiger partial charge in [0.2, 0.25) is 5.91 Å². The SMILES string of the molecule is CCC(=O)N(C)C(=S)[C@]1(c2cccnc2)CCCC(c2ccccc2)[C@H]1NC(=O)OC(C)(C)C. The van der Waals surface area contributed by atoms with Crippen LogP contribution in [-0.4, -0.2) is 45.6 Å². The number of carbonyl (C=O) groups is 2. The first-order chi connectivity index (χ1) is 16.1. The lowest BCUT2D eigenvalue weighted by Gasteiger charge is -2.50. The van der Waals surface area contributed by atoms with Gasteiger partial charge in [0.25, 0.3) is 0 Å². The Morgan fingerprint density at radius 2 is 1.91 bits per heavy atom. The lowest BCUT2D eigenvalue weighted by molar-refractivity contribution is -0.126. The normalized spacial score (nSPS) is 22.5. The van der Waals surface area contributed by atoms with E-state index >= 15 is 0 Å². The molecule has 2 amide bonds. The first-order valence-electron chi connectivity index (χ1n) is 11.9. The zero-order valence-electron chi connectivity index (χ0n) is 20.7. The third kappa shape index (κ3) is 5.46. The number of pyridine rings is 1. The highest BCUT2D eigenvalue weighted by atomic mass is 32.1. The minimum Gasteiger partial charge on any atom is -0.444 e. The van der Waals surface area contributed by atoms with E-state index in [0.717, 1.165) is 24.0 Å². The maximum Gasteiger partial charge on any atom is 0.407 e. The zero-order chi connectivity index (χ0) is 24.9. The molecule has 1 aliphatic rings. The van der Waals surface area contributed by atoms with E-state index in [4.69, 9.17) is 17.0 Å². The van der Waals surface area contributed by atoms with Crippen LogP contribution in [0.5, 0.6) is 0 Å². The predicted molar refractivity (Wildman–Crippen MR) is 138 cm³/mol. The van der Waals surface area contributed by atoms with Crippen molar-refractivity contribution in [3.8, 4) is 0 Å². The van der Waals surface area contributed by atoms with Crippen molar-refractivity contribution in [2.75, 3.05) is 7.05 Å². The van der Waals surface area contributed by atoms with Gasteiger partial charge in [-0.2, -0.15) is 0 Å². The van der Waals surface area contributed by atoms with Crippen molar-refractivity contribution < 1.29 is 14.3 Å². The number of benzene rings is 1. The van der Waals surface area contributed by atoms with Crippen LogP contribution >= 0.6 is 12.2 Å². The standard InChI is InChI=1S/C27H35N3O3S/c1-6-22(31)30(5)24(34)27(20-14-11-17-28-18-20)16-10-15-21(19-12-8-7-9-13-19)23(27)29-25(32)33-26(2,3)4/h7-9,11-14,17-18,21,23H,6,10,15-16H2,1-5H3,(H,29,32)/t21?,23-,27+/m1/s1. The molecule has 0 saturated heterocycles. The fourth-order valence-corrected chi connectivity index (χ4v) is 5.40. The first-order valence-corrected chi connectivity index (χ1v) is 12.3. The molecule has 0 spiro atoms. The number of alkyl carbamates (subject to hydrolysis) is 1. The second-order valence-electron chi connectivity index (χ2n) is 9.86. The Bertz CT molecular complexity index is 1010. The highest BCUT2D eigenvalue weighted by Crippen LogP contribution is 2.47. The largest absolute Gasteiger partial charge is 0.444 e. The Kier molecular flexibility index (Phi) is 8.08. The van der Waals surface area contributed by atoms with Gasteiger partial charge in [-0.25, -0.2) is 4.79 Å². The molecule has 1 aromatic carbocycles. The van der Waals surface area contributed by atoms with Crippen molar-refractivity contribution in [3.63, 3.8) is 0 Å². The molecule has 0 aliphatic heterocycles. The Balaban J connectivity index is 2.19. The third-order valence-corrected chi connectivity index (χ3v) is 7.10. The van der Waals surface area contributed by atoms with E-state index in [1.165, 1.54) is 0 Å². The Labute approximate surface area is 208 Å². The number of hydrogen-bond donors (Lipinski definition) is 1. The molecule has 182 valence electrons. The quantitative estimate of drug-likeness (QED) is 0.581. The van der Waals surface area contributed by atoms with Crippen molar-refractivity contribution >= 4 is 29.2 Å². The Morgan fingerprint density at radius 1 is 1.21 bits per heavy atom. The van der Waals surface area contributed by atoms with Gasteiger partial charge in [0.15, 0.2) is 0 Å². The van der Waals surface area contributed by atoms with E-state index in [1.54, 1.807) is 24.3 Å². The van der Waals surface area contributed by atoms with Crippen LogP contribution in [0.2, 0.25) is 0 Å². The van der Waals surface area contributed by atoms with E-state index in [0.29, 0.717) is 17.8 Å². The average Bonchev–Trinajstić information content (AvgIpc) is 2.82. The van der Waals surface area contributed by atoms with E-state index in [9.17, 15) is 9.59 Å². The fourth-order valence-electron chi connectivity index (χ4n) is 4.95. The summed E-state index contributed by atoms with van der Waals surface area (Å²) in [6.45, 7) is 7.35. The molecule has 1 aromatic heterocycles. The number of thiocarbonyl (C=S) groups is 1. The number of ether oxygens (including phenoxy) is 1. The Morgan fingerprint density at radius 3 is 2.50 bits per heavy atom. The molecule has 1 N–H and O–H groups in total. The van der Waals surface area contributed by atoms with Gasteiger partial charge in [-0.05, 0) is 50.8 Å². The van der Waals surface area contributed by atoms with Crippen molar-refractivity contribution in [3.05, 3.63) is 66.0 Å². The maximum atomic E-state index is 13.1. The molecule has 3 rings (SSSR count). The summed E-state index contributed by atoms with van der Waals surface area (Å²) in [6, 6.07) is 13.6. The predicted octanol–water partition coefficient (Wildman–Crippen LogP) is 5.38. The van der Waals surface area contributed by atoms with Gasteiger partial charge in [-0.3, -0.25) is 9.78 Å².